The smallest absolute Gasteiger partial charge is 0.390 e. The van der Waals surface area contributed by atoms with Crippen molar-refractivity contribution in [1.82, 2.24) is 5.32 Å². The maximum absolute atomic E-state index is 12.7. The van der Waals surface area contributed by atoms with E-state index in [4.69, 9.17) is 5.73 Å². The molecular weight excluding hydrogens is 329 g/mol. The second kappa shape index (κ2) is 8.99. The summed E-state index contributed by atoms with van der Waals surface area (Å²) in [7, 11) is 0. The highest BCUT2D eigenvalue weighted by Crippen LogP contribution is 2.29. The maximum Gasteiger partial charge on any atom is 0.416 e. The minimum Gasteiger partial charge on any atom is -0.390 e. The molecule has 0 aliphatic carbocycles. The summed E-state index contributed by atoms with van der Waals surface area (Å²) in [4.78, 5) is 0. The molecule has 2 aromatic carbocycles. The van der Waals surface area contributed by atoms with Crippen LogP contribution in [0.2, 0.25) is 0 Å². The summed E-state index contributed by atoms with van der Waals surface area (Å²) in [6, 6.07) is 14.5. The SMILES string of the molecule is N[C@@H](Cc1ccccc1)[C@H](O)CNCCc1cccc(C(F)(F)F)c1. The molecule has 0 aromatic heterocycles. The van der Waals surface area contributed by atoms with Crippen molar-refractivity contribution in [1.29, 1.82) is 0 Å². The van der Waals surface area contributed by atoms with Gasteiger partial charge in [0.2, 0.25) is 0 Å². The van der Waals surface area contributed by atoms with E-state index in [1.165, 1.54) is 6.07 Å². The maximum atomic E-state index is 12.7. The lowest BCUT2D eigenvalue weighted by Crippen LogP contribution is -2.43. The summed E-state index contributed by atoms with van der Waals surface area (Å²) in [6.45, 7) is 0.767. The van der Waals surface area contributed by atoms with E-state index in [-0.39, 0.29) is 0 Å². The Balaban J connectivity index is 1.73. The molecule has 0 amide bonds. The minimum absolute atomic E-state index is 0.299. The number of hydrogen-bond acceptors (Lipinski definition) is 3. The van der Waals surface area contributed by atoms with Crippen molar-refractivity contribution in [3.05, 3.63) is 71.3 Å². The molecule has 4 N–H and O–H groups in total. The fourth-order valence-corrected chi connectivity index (χ4v) is 2.56. The topological polar surface area (TPSA) is 58.3 Å². The van der Waals surface area contributed by atoms with E-state index < -0.39 is 23.9 Å². The molecule has 0 bridgehead atoms. The van der Waals surface area contributed by atoms with Crippen LogP contribution in [0.3, 0.4) is 0 Å². The molecule has 2 atom stereocenters. The Bertz CT molecular complexity index is 647. The Morgan fingerprint density at radius 3 is 2.36 bits per heavy atom. The molecule has 3 nitrogen and oxygen atoms in total. The molecule has 25 heavy (non-hydrogen) atoms. The lowest BCUT2D eigenvalue weighted by atomic mass is 10.0. The number of nitrogens with one attached hydrogen (secondary N) is 1. The average Bonchev–Trinajstić information content (AvgIpc) is 2.59. The number of alkyl halides is 3. The Kier molecular flexibility index (Phi) is 6.99. The van der Waals surface area contributed by atoms with E-state index in [9.17, 15) is 18.3 Å². The van der Waals surface area contributed by atoms with Crippen LogP contribution in [-0.2, 0) is 19.0 Å². The third-order valence-electron chi connectivity index (χ3n) is 4.01. The quantitative estimate of drug-likeness (QED) is 0.641. The summed E-state index contributed by atoms with van der Waals surface area (Å²) < 4.78 is 38.0. The molecule has 0 unspecified atom stereocenters. The van der Waals surface area contributed by atoms with Gasteiger partial charge in [-0.25, -0.2) is 0 Å². The van der Waals surface area contributed by atoms with Crippen molar-refractivity contribution < 1.29 is 18.3 Å². The zero-order valence-corrected chi connectivity index (χ0v) is 13.8. The first kappa shape index (κ1) is 19.4. The molecule has 0 radical (unpaired) electrons. The molecule has 0 saturated heterocycles. The second-order valence-electron chi connectivity index (χ2n) is 6.07. The minimum atomic E-state index is -4.33. The first-order valence-corrected chi connectivity index (χ1v) is 8.20. The van der Waals surface area contributed by atoms with Crippen molar-refractivity contribution in [3.8, 4) is 0 Å². The lowest BCUT2D eigenvalue weighted by molar-refractivity contribution is -0.137. The van der Waals surface area contributed by atoms with Gasteiger partial charge >= 0.3 is 6.18 Å². The van der Waals surface area contributed by atoms with E-state index in [2.05, 4.69) is 5.32 Å². The largest absolute Gasteiger partial charge is 0.416 e. The van der Waals surface area contributed by atoms with Crippen molar-refractivity contribution in [3.63, 3.8) is 0 Å². The highest BCUT2D eigenvalue weighted by atomic mass is 19.4. The van der Waals surface area contributed by atoms with Crippen LogP contribution in [0, 0.1) is 0 Å². The number of aliphatic hydroxyl groups excluding tert-OH is 1. The molecule has 6 heteroatoms. The van der Waals surface area contributed by atoms with Gasteiger partial charge in [0.05, 0.1) is 11.7 Å². The van der Waals surface area contributed by atoms with Crippen LogP contribution in [0.4, 0.5) is 13.2 Å². The molecule has 0 saturated carbocycles. The van der Waals surface area contributed by atoms with E-state index in [1.54, 1.807) is 6.07 Å². The molecule has 2 aromatic rings. The standard InChI is InChI=1S/C19H23F3N2O/c20-19(21,22)16-8-4-7-15(11-16)9-10-24-13-18(25)17(23)12-14-5-2-1-3-6-14/h1-8,11,17-18,24-25H,9-10,12-13,23H2/t17-,18+/m0/s1. The predicted molar refractivity (Wildman–Crippen MR) is 92.1 cm³/mol. The number of rotatable bonds is 8. The van der Waals surface area contributed by atoms with Gasteiger partial charge in [0.15, 0.2) is 0 Å². The number of benzene rings is 2. The molecule has 0 spiro atoms. The highest BCUT2D eigenvalue weighted by molar-refractivity contribution is 5.25. The second-order valence-corrected chi connectivity index (χ2v) is 6.07. The van der Waals surface area contributed by atoms with E-state index in [0.29, 0.717) is 31.5 Å². The van der Waals surface area contributed by atoms with Gasteiger partial charge in [-0.2, -0.15) is 13.2 Å². The highest BCUT2D eigenvalue weighted by Gasteiger charge is 2.30. The van der Waals surface area contributed by atoms with Crippen molar-refractivity contribution in [2.45, 2.75) is 31.2 Å². The third kappa shape index (κ3) is 6.49. The van der Waals surface area contributed by atoms with E-state index in [1.807, 2.05) is 30.3 Å². The molecule has 136 valence electrons. The van der Waals surface area contributed by atoms with Crippen molar-refractivity contribution in [2.24, 2.45) is 5.73 Å². The van der Waals surface area contributed by atoms with E-state index >= 15 is 0 Å². The molecule has 2 rings (SSSR count). The van der Waals surface area contributed by atoms with Gasteiger partial charge in [0.1, 0.15) is 0 Å². The molecule has 0 heterocycles. The zero-order chi connectivity index (χ0) is 18.3. The molecule has 0 aliphatic heterocycles. The van der Waals surface area contributed by atoms with E-state index in [0.717, 1.165) is 17.7 Å². The van der Waals surface area contributed by atoms with Crippen LogP contribution >= 0.6 is 0 Å². The number of hydrogen-bond donors (Lipinski definition) is 3. The van der Waals surface area contributed by atoms with Gasteiger partial charge < -0.3 is 16.2 Å². The van der Waals surface area contributed by atoms with Crippen LogP contribution in [0.5, 0.6) is 0 Å². The Morgan fingerprint density at radius 1 is 1.00 bits per heavy atom. The zero-order valence-electron chi connectivity index (χ0n) is 13.8. The van der Waals surface area contributed by atoms with Crippen LogP contribution in [0.1, 0.15) is 16.7 Å². The van der Waals surface area contributed by atoms with Crippen molar-refractivity contribution in [2.75, 3.05) is 13.1 Å². The van der Waals surface area contributed by atoms with Crippen LogP contribution in [-0.4, -0.2) is 30.3 Å². The average molecular weight is 352 g/mol. The lowest BCUT2D eigenvalue weighted by Gasteiger charge is -2.19. The van der Waals surface area contributed by atoms with Gasteiger partial charge in [-0.3, -0.25) is 0 Å². The number of halogens is 3. The summed E-state index contributed by atoms with van der Waals surface area (Å²) in [5.74, 6) is 0. The third-order valence-corrected chi connectivity index (χ3v) is 4.01. The van der Waals surface area contributed by atoms with Gasteiger partial charge in [-0.15, -0.1) is 0 Å². The van der Waals surface area contributed by atoms with Crippen LogP contribution < -0.4 is 11.1 Å². The first-order chi connectivity index (χ1) is 11.9. The molecule has 0 fully saturated rings. The molecule has 0 aliphatic rings. The Morgan fingerprint density at radius 2 is 1.68 bits per heavy atom. The summed E-state index contributed by atoms with van der Waals surface area (Å²) in [5, 5.41) is 13.1. The van der Waals surface area contributed by atoms with Crippen molar-refractivity contribution >= 4 is 0 Å². The van der Waals surface area contributed by atoms with Crippen LogP contribution in [0.15, 0.2) is 54.6 Å². The fourth-order valence-electron chi connectivity index (χ4n) is 2.56. The van der Waals surface area contributed by atoms with Gasteiger partial charge in [0.25, 0.3) is 0 Å². The summed E-state index contributed by atoms with van der Waals surface area (Å²) >= 11 is 0. The number of nitrogens with two attached hydrogens (primary N) is 1. The summed E-state index contributed by atoms with van der Waals surface area (Å²) in [6.07, 6.45) is -4.03. The fraction of sp³-hybridized carbons (Fsp3) is 0.368. The van der Waals surface area contributed by atoms with Crippen LogP contribution in [0.25, 0.3) is 0 Å². The summed E-state index contributed by atoms with van der Waals surface area (Å²) in [5.41, 5.74) is 7.01. The van der Waals surface area contributed by atoms with Gasteiger partial charge in [-0.05, 0) is 36.6 Å². The predicted octanol–water partition coefficient (Wildman–Crippen LogP) is 2.77. The first-order valence-electron chi connectivity index (χ1n) is 8.20. The Labute approximate surface area is 145 Å². The monoisotopic (exact) mass is 352 g/mol. The molecular formula is C19H23F3N2O. The Hall–Kier alpha value is -1.89. The van der Waals surface area contributed by atoms with Gasteiger partial charge in [0, 0.05) is 12.6 Å². The number of aliphatic hydroxyl groups is 1. The van der Waals surface area contributed by atoms with Gasteiger partial charge in [-0.1, -0.05) is 48.5 Å². The normalized spacial score (nSPS) is 14.3.